The van der Waals surface area contributed by atoms with E-state index in [1.54, 1.807) is 0 Å². The van der Waals surface area contributed by atoms with Gasteiger partial charge in [-0.1, -0.05) is 24.3 Å². The summed E-state index contributed by atoms with van der Waals surface area (Å²) >= 11 is 0. The molecule has 106 valence electrons. The average molecular weight is 271 g/mol. The number of hydrogen-bond donors (Lipinski definition) is 2. The summed E-state index contributed by atoms with van der Waals surface area (Å²) in [6.07, 6.45) is 3.01. The van der Waals surface area contributed by atoms with Crippen molar-refractivity contribution in [1.29, 1.82) is 0 Å². The zero-order chi connectivity index (χ0) is 13.8. The van der Waals surface area contributed by atoms with Gasteiger partial charge in [0.15, 0.2) is 0 Å². The summed E-state index contributed by atoms with van der Waals surface area (Å²) in [6, 6.07) is 12.7. The maximum atomic E-state index is 5.75. The Morgan fingerprint density at radius 1 is 1.20 bits per heavy atom. The van der Waals surface area contributed by atoms with Gasteiger partial charge in [-0.25, -0.2) is 0 Å². The second-order valence-corrected chi connectivity index (χ2v) is 5.42. The molecule has 2 heterocycles. The second kappa shape index (κ2) is 6.31. The van der Waals surface area contributed by atoms with Crippen LogP contribution in [-0.2, 0) is 11.2 Å². The van der Waals surface area contributed by atoms with Crippen LogP contribution in [0.25, 0.3) is 10.9 Å². The zero-order valence-electron chi connectivity index (χ0n) is 11.6. The fourth-order valence-corrected chi connectivity index (χ4v) is 2.93. The van der Waals surface area contributed by atoms with Gasteiger partial charge in [0.25, 0.3) is 0 Å². The molecule has 0 saturated carbocycles. The third-order valence-electron chi connectivity index (χ3n) is 4.13. The maximum Gasteiger partial charge on any atom is 0.0705 e. The second-order valence-electron chi connectivity index (χ2n) is 5.42. The average Bonchev–Trinajstić information content (AvgIpc) is 2.53. The summed E-state index contributed by atoms with van der Waals surface area (Å²) in [5, 5.41) is 1.18. The Bertz CT molecular complexity index is 566. The first-order chi connectivity index (χ1) is 9.86. The van der Waals surface area contributed by atoms with Gasteiger partial charge >= 0.3 is 0 Å². The molecular formula is C16H21N3O. The minimum absolute atomic E-state index is 0.271. The molecule has 4 nitrogen and oxygen atoms in total. The predicted octanol–water partition coefficient (Wildman–Crippen LogP) is 2.04. The Kier molecular flexibility index (Phi) is 4.25. The molecule has 20 heavy (non-hydrogen) atoms. The summed E-state index contributed by atoms with van der Waals surface area (Å²) in [5.41, 5.74) is 5.12. The molecule has 1 fully saturated rings. The summed E-state index contributed by atoms with van der Waals surface area (Å²) in [5.74, 6) is 6.32. The first-order valence-electron chi connectivity index (χ1n) is 7.25. The Labute approximate surface area is 119 Å². The highest BCUT2D eigenvalue weighted by Crippen LogP contribution is 2.21. The number of aromatic nitrogens is 1. The molecule has 0 spiro atoms. The van der Waals surface area contributed by atoms with E-state index in [1.165, 1.54) is 5.39 Å². The zero-order valence-corrected chi connectivity index (χ0v) is 11.6. The lowest BCUT2D eigenvalue weighted by molar-refractivity contribution is 0.0536. The highest BCUT2D eigenvalue weighted by molar-refractivity contribution is 5.78. The first kappa shape index (κ1) is 13.5. The SMILES string of the molecule is NNC(Cc1ccc2ccccc2n1)C1CCOCC1. The fourth-order valence-electron chi connectivity index (χ4n) is 2.93. The lowest BCUT2D eigenvalue weighted by Gasteiger charge is -2.29. The van der Waals surface area contributed by atoms with Crippen molar-refractivity contribution in [2.24, 2.45) is 11.8 Å². The molecule has 1 aliphatic heterocycles. The minimum Gasteiger partial charge on any atom is -0.381 e. The highest BCUT2D eigenvalue weighted by atomic mass is 16.5. The smallest absolute Gasteiger partial charge is 0.0705 e. The highest BCUT2D eigenvalue weighted by Gasteiger charge is 2.23. The van der Waals surface area contributed by atoms with Crippen molar-refractivity contribution >= 4 is 10.9 Å². The molecule has 0 radical (unpaired) electrons. The lowest BCUT2D eigenvalue weighted by atomic mass is 9.89. The molecule has 0 bridgehead atoms. The fraction of sp³-hybridized carbons (Fsp3) is 0.438. The topological polar surface area (TPSA) is 60.2 Å². The molecule has 0 amide bonds. The number of fused-ring (bicyclic) bond motifs is 1. The van der Waals surface area contributed by atoms with Crippen LogP contribution in [0.4, 0.5) is 0 Å². The van der Waals surface area contributed by atoms with E-state index in [4.69, 9.17) is 15.6 Å². The molecule has 2 aromatic rings. The van der Waals surface area contributed by atoms with Gasteiger partial charge in [-0.3, -0.25) is 16.3 Å². The minimum atomic E-state index is 0.271. The van der Waals surface area contributed by atoms with E-state index in [0.29, 0.717) is 5.92 Å². The van der Waals surface area contributed by atoms with Gasteiger partial charge in [0.1, 0.15) is 0 Å². The monoisotopic (exact) mass is 271 g/mol. The third-order valence-corrected chi connectivity index (χ3v) is 4.13. The molecular weight excluding hydrogens is 250 g/mol. The van der Waals surface area contributed by atoms with Gasteiger partial charge in [0, 0.05) is 36.8 Å². The number of para-hydroxylation sites is 1. The van der Waals surface area contributed by atoms with Crippen molar-refractivity contribution in [2.75, 3.05) is 13.2 Å². The Balaban J connectivity index is 1.76. The number of ether oxygens (including phenoxy) is 1. The molecule has 4 heteroatoms. The van der Waals surface area contributed by atoms with Crippen LogP contribution in [0.1, 0.15) is 18.5 Å². The van der Waals surface area contributed by atoms with Gasteiger partial charge in [0.05, 0.1) is 5.52 Å². The van der Waals surface area contributed by atoms with E-state index in [-0.39, 0.29) is 6.04 Å². The number of benzene rings is 1. The van der Waals surface area contributed by atoms with Crippen molar-refractivity contribution in [3.8, 4) is 0 Å². The van der Waals surface area contributed by atoms with Crippen molar-refractivity contribution < 1.29 is 4.74 Å². The number of nitrogens with one attached hydrogen (secondary N) is 1. The summed E-state index contributed by atoms with van der Waals surface area (Å²) in [6.45, 7) is 1.68. The molecule has 1 atom stereocenters. The van der Waals surface area contributed by atoms with Crippen LogP contribution >= 0.6 is 0 Å². The summed E-state index contributed by atoms with van der Waals surface area (Å²) in [7, 11) is 0. The van der Waals surface area contributed by atoms with E-state index >= 15 is 0 Å². The van der Waals surface area contributed by atoms with Gasteiger partial charge in [-0.15, -0.1) is 0 Å². The number of pyridine rings is 1. The molecule has 1 aromatic heterocycles. The van der Waals surface area contributed by atoms with Gasteiger partial charge in [0.2, 0.25) is 0 Å². The maximum absolute atomic E-state index is 5.75. The number of nitrogens with zero attached hydrogens (tertiary/aromatic N) is 1. The van der Waals surface area contributed by atoms with Crippen LogP contribution in [0.2, 0.25) is 0 Å². The number of rotatable bonds is 4. The molecule has 3 rings (SSSR count). The van der Waals surface area contributed by atoms with E-state index in [9.17, 15) is 0 Å². The number of hydrazine groups is 1. The van der Waals surface area contributed by atoms with Crippen LogP contribution in [0.15, 0.2) is 36.4 Å². The van der Waals surface area contributed by atoms with Crippen molar-refractivity contribution in [3.63, 3.8) is 0 Å². The quantitative estimate of drug-likeness (QED) is 0.660. The molecule has 1 aromatic carbocycles. The molecule has 0 aliphatic carbocycles. The van der Waals surface area contributed by atoms with Crippen molar-refractivity contribution in [3.05, 3.63) is 42.1 Å². The van der Waals surface area contributed by atoms with Gasteiger partial charge in [-0.05, 0) is 30.9 Å². The standard InChI is InChI=1S/C16H21N3O/c17-19-16(13-7-9-20-10-8-13)11-14-6-5-12-3-1-2-4-15(12)18-14/h1-6,13,16,19H,7-11,17H2. The van der Waals surface area contributed by atoms with E-state index < -0.39 is 0 Å². The van der Waals surface area contributed by atoms with E-state index in [2.05, 4.69) is 29.7 Å². The van der Waals surface area contributed by atoms with Crippen LogP contribution in [0, 0.1) is 5.92 Å². The third kappa shape index (κ3) is 2.98. The molecule has 1 saturated heterocycles. The molecule has 3 N–H and O–H groups in total. The van der Waals surface area contributed by atoms with Crippen LogP contribution in [0.5, 0.6) is 0 Å². The largest absolute Gasteiger partial charge is 0.381 e. The number of nitrogens with two attached hydrogens (primary N) is 1. The van der Waals surface area contributed by atoms with Gasteiger partial charge < -0.3 is 4.74 Å². The Morgan fingerprint density at radius 3 is 2.80 bits per heavy atom. The Hall–Kier alpha value is -1.49. The lowest BCUT2D eigenvalue weighted by Crippen LogP contribution is -2.44. The molecule has 1 unspecified atom stereocenters. The van der Waals surface area contributed by atoms with E-state index in [1.807, 2.05) is 12.1 Å². The summed E-state index contributed by atoms with van der Waals surface area (Å²) in [4.78, 5) is 4.73. The van der Waals surface area contributed by atoms with Crippen LogP contribution < -0.4 is 11.3 Å². The van der Waals surface area contributed by atoms with Crippen LogP contribution in [-0.4, -0.2) is 24.2 Å². The van der Waals surface area contributed by atoms with Crippen LogP contribution in [0.3, 0.4) is 0 Å². The normalized spacial score (nSPS) is 18.2. The van der Waals surface area contributed by atoms with Gasteiger partial charge in [-0.2, -0.15) is 0 Å². The van der Waals surface area contributed by atoms with Crippen molar-refractivity contribution in [1.82, 2.24) is 10.4 Å². The first-order valence-corrected chi connectivity index (χ1v) is 7.25. The molecule has 1 aliphatic rings. The predicted molar refractivity (Wildman–Crippen MR) is 80.1 cm³/mol. The Morgan fingerprint density at radius 2 is 2.00 bits per heavy atom. The van der Waals surface area contributed by atoms with E-state index in [0.717, 1.165) is 43.7 Å². The van der Waals surface area contributed by atoms with Crippen molar-refractivity contribution in [2.45, 2.75) is 25.3 Å². The summed E-state index contributed by atoms with van der Waals surface area (Å²) < 4.78 is 5.42. The number of hydrogen-bond acceptors (Lipinski definition) is 4.